The van der Waals surface area contributed by atoms with Gasteiger partial charge in [0, 0.05) is 19.0 Å². The van der Waals surface area contributed by atoms with Gasteiger partial charge in [-0.15, -0.1) is 10.2 Å². The zero-order chi connectivity index (χ0) is 13.8. The lowest BCUT2D eigenvalue weighted by Crippen LogP contribution is -2.25. The second-order valence-corrected chi connectivity index (χ2v) is 5.27. The average molecular weight is 300 g/mol. The van der Waals surface area contributed by atoms with E-state index in [-0.39, 0.29) is 0 Å². The predicted octanol–water partition coefficient (Wildman–Crippen LogP) is 3.58. The average Bonchev–Trinajstić information content (AvgIpc) is 2.77. The molecule has 19 heavy (non-hydrogen) atoms. The van der Waals surface area contributed by atoms with Crippen molar-refractivity contribution in [3.63, 3.8) is 0 Å². The van der Waals surface area contributed by atoms with Gasteiger partial charge in [-0.3, -0.25) is 0 Å². The van der Waals surface area contributed by atoms with Gasteiger partial charge in [-0.2, -0.15) is 0 Å². The van der Waals surface area contributed by atoms with Gasteiger partial charge in [0.1, 0.15) is 0 Å². The van der Waals surface area contributed by atoms with Crippen LogP contribution in [0, 0.1) is 0 Å². The molecule has 4 nitrogen and oxygen atoms in total. The molecule has 0 amide bonds. The van der Waals surface area contributed by atoms with Gasteiger partial charge in [0.15, 0.2) is 0 Å². The summed E-state index contributed by atoms with van der Waals surface area (Å²) in [7, 11) is 0. The molecule has 1 N–H and O–H groups in total. The van der Waals surface area contributed by atoms with Gasteiger partial charge in [0.05, 0.1) is 15.6 Å². The number of hydrogen-bond donors (Lipinski definition) is 1. The molecule has 1 heterocycles. The lowest BCUT2D eigenvalue weighted by Gasteiger charge is -2.05. The van der Waals surface area contributed by atoms with Crippen LogP contribution in [0.1, 0.15) is 19.7 Å². The van der Waals surface area contributed by atoms with Crippen molar-refractivity contribution >= 4 is 23.2 Å². The summed E-state index contributed by atoms with van der Waals surface area (Å²) in [4.78, 5) is 0. The molecule has 2 aromatic rings. The minimum atomic E-state index is 0.357. The summed E-state index contributed by atoms with van der Waals surface area (Å²) in [6.45, 7) is 4.96. The Hall–Kier alpha value is -1.10. The Morgan fingerprint density at radius 3 is 2.53 bits per heavy atom. The topological polar surface area (TPSA) is 51.0 Å². The van der Waals surface area contributed by atoms with Crippen LogP contribution in [0.15, 0.2) is 22.6 Å². The minimum absolute atomic E-state index is 0.357. The van der Waals surface area contributed by atoms with Crippen molar-refractivity contribution in [2.75, 3.05) is 6.54 Å². The third kappa shape index (κ3) is 3.69. The summed E-state index contributed by atoms with van der Waals surface area (Å²) in [6, 6.07) is 5.69. The number of rotatable bonds is 5. The Bertz CT molecular complexity index is 534. The van der Waals surface area contributed by atoms with Crippen LogP contribution in [-0.2, 0) is 6.42 Å². The van der Waals surface area contributed by atoms with E-state index >= 15 is 0 Å². The molecule has 0 aliphatic rings. The molecule has 1 aromatic carbocycles. The third-order valence-electron chi connectivity index (χ3n) is 2.53. The number of halogens is 2. The quantitative estimate of drug-likeness (QED) is 0.917. The number of aromatic nitrogens is 2. The molecule has 2 rings (SSSR count). The van der Waals surface area contributed by atoms with E-state index < -0.39 is 0 Å². The van der Waals surface area contributed by atoms with Crippen LogP contribution in [0.2, 0.25) is 10.0 Å². The second kappa shape index (κ2) is 6.37. The third-order valence-corrected chi connectivity index (χ3v) is 3.16. The summed E-state index contributed by atoms with van der Waals surface area (Å²) < 4.78 is 5.58. The fourth-order valence-electron chi connectivity index (χ4n) is 1.63. The van der Waals surface area contributed by atoms with Crippen LogP contribution in [0.4, 0.5) is 0 Å². The maximum absolute atomic E-state index is 6.09. The molecule has 0 atom stereocenters. The first-order chi connectivity index (χ1) is 9.08. The van der Waals surface area contributed by atoms with E-state index in [1.165, 1.54) is 0 Å². The van der Waals surface area contributed by atoms with Crippen LogP contribution in [0.3, 0.4) is 0 Å². The summed E-state index contributed by atoms with van der Waals surface area (Å²) in [5.74, 6) is 0.925. The van der Waals surface area contributed by atoms with Gasteiger partial charge in [0.2, 0.25) is 5.89 Å². The molecule has 0 spiro atoms. The van der Waals surface area contributed by atoms with Gasteiger partial charge in [-0.05, 0) is 12.1 Å². The molecular weight excluding hydrogens is 285 g/mol. The van der Waals surface area contributed by atoms with Gasteiger partial charge in [0.25, 0.3) is 5.89 Å². The zero-order valence-corrected chi connectivity index (χ0v) is 12.3. The molecule has 0 radical (unpaired) electrons. The normalized spacial score (nSPS) is 11.2. The first-order valence-electron chi connectivity index (χ1n) is 6.08. The van der Waals surface area contributed by atoms with Crippen molar-refractivity contribution in [1.82, 2.24) is 15.5 Å². The maximum atomic E-state index is 6.09. The van der Waals surface area contributed by atoms with Crippen molar-refractivity contribution in [1.29, 1.82) is 0 Å². The molecule has 0 saturated heterocycles. The molecule has 0 saturated carbocycles. The Morgan fingerprint density at radius 1 is 1.21 bits per heavy atom. The van der Waals surface area contributed by atoms with Crippen LogP contribution < -0.4 is 5.32 Å². The SMILES string of the molecule is CC(C)NCCc1nnc(-c2c(Cl)cccc2Cl)o1. The highest BCUT2D eigenvalue weighted by molar-refractivity contribution is 6.38. The predicted molar refractivity (Wildman–Crippen MR) is 76.6 cm³/mol. The number of nitrogens with one attached hydrogen (secondary N) is 1. The van der Waals surface area contributed by atoms with E-state index in [0.29, 0.717) is 39.9 Å². The Balaban J connectivity index is 2.12. The van der Waals surface area contributed by atoms with Crippen LogP contribution in [-0.4, -0.2) is 22.8 Å². The van der Waals surface area contributed by atoms with Crippen molar-refractivity contribution < 1.29 is 4.42 Å². The molecule has 0 bridgehead atoms. The standard InChI is InChI=1S/C13H15Cl2N3O/c1-8(2)16-7-6-11-17-18-13(19-11)12-9(14)4-3-5-10(12)15/h3-5,8,16H,6-7H2,1-2H3. The van der Waals surface area contributed by atoms with E-state index in [1.54, 1.807) is 18.2 Å². The van der Waals surface area contributed by atoms with E-state index in [2.05, 4.69) is 29.4 Å². The highest BCUT2D eigenvalue weighted by atomic mass is 35.5. The molecule has 0 aliphatic heterocycles. The second-order valence-electron chi connectivity index (χ2n) is 4.46. The van der Waals surface area contributed by atoms with E-state index in [4.69, 9.17) is 27.6 Å². The molecule has 0 unspecified atom stereocenters. The lowest BCUT2D eigenvalue weighted by molar-refractivity contribution is 0.484. The maximum Gasteiger partial charge on any atom is 0.250 e. The molecule has 0 aliphatic carbocycles. The zero-order valence-electron chi connectivity index (χ0n) is 10.8. The van der Waals surface area contributed by atoms with Crippen LogP contribution >= 0.6 is 23.2 Å². The van der Waals surface area contributed by atoms with Crippen molar-refractivity contribution in [3.05, 3.63) is 34.1 Å². The lowest BCUT2D eigenvalue weighted by atomic mass is 10.2. The van der Waals surface area contributed by atoms with E-state index in [1.807, 2.05) is 0 Å². The largest absolute Gasteiger partial charge is 0.421 e. The fraction of sp³-hybridized carbons (Fsp3) is 0.385. The molecule has 6 heteroatoms. The van der Waals surface area contributed by atoms with E-state index in [0.717, 1.165) is 6.54 Å². The Kier molecular flexibility index (Phi) is 4.80. The summed E-state index contributed by atoms with van der Waals surface area (Å²) in [5.41, 5.74) is 0.585. The van der Waals surface area contributed by atoms with Crippen molar-refractivity contribution in [2.24, 2.45) is 0 Å². The summed E-state index contributed by atoms with van der Waals surface area (Å²) in [6.07, 6.45) is 0.674. The van der Waals surface area contributed by atoms with Gasteiger partial charge >= 0.3 is 0 Å². The number of benzene rings is 1. The van der Waals surface area contributed by atoms with Crippen LogP contribution in [0.25, 0.3) is 11.5 Å². The smallest absolute Gasteiger partial charge is 0.250 e. The first kappa shape index (κ1) is 14.3. The van der Waals surface area contributed by atoms with Gasteiger partial charge in [-0.25, -0.2) is 0 Å². The van der Waals surface area contributed by atoms with Crippen molar-refractivity contribution in [2.45, 2.75) is 26.3 Å². The minimum Gasteiger partial charge on any atom is -0.421 e. The van der Waals surface area contributed by atoms with Crippen LogP contribution in [0.5, 0.6) is 0 Å². The van der Waals surface area contributed by atoms with Crippen molar-refractivity contribution in [3.8, 4) is 11.5 Å². The summed E-state index contributed by atoms with van der Waals surface area (Å²) in [5, 5.41) is 12.3. The summed E-state index contributed by atoms with van der Waals surface area (Å²) >= 11 is 12.2. The first-order valence-corrected chi connectivity index (χ1v) is 6.83. The highest BCUT2D eigenvalue weighted by Gasteiger charge is 2.15. The van der Waals surface area contributed by atoms with E-state index in [9.17, 15) is 0 Å². The number of hydrogen-bond acceptors (Lipinski definition) is 4. The monoisotopic (exact) mass is 299 g/mol. The highest BCUT2D eigenvalue weighted by Crippen LogP contribution is 2.33. The van der Waals surface area contributed by atoms with Gasteiger partial charge in [-0.1, -0.05) is 43.1 Å². The Labute approximate surface area is 122 Å². The molecule has 102 valence electrons. The fourth-order valence-corrected chi connectivity index (χ4v) is 2.18. The molecule has 1 aromatic heterocycles. The molecule has 0 fully saturated rings. The number of nitrogens with zero attached hydrogens (tertiary/aromatic N) is 2. The molecular formula is C13H15Cl2N3O. The van der Waals surface area contributed by atoms with Gasteiger partial charge < -0.3 is 9.73 Å². The Morgan fingerprint density at radius 2 is 1.89 bits per heavy atom.